The summed E-state index contributed by atoms with van der Waals surface area (Å²) in [5.41, 5.74) is 2.08. The molecule has 1 aromatic heterocycles. The molecule has 19 heavy (non-hydrogen) atoms. The lowest BCUT2D eigenvalue weighted by molar-refractivity contribution is 0.0891. The standard InChI is InChI=1S/C15H16N2O2/c1-3-11-4-6-12(7-5-11)14(18)8-15(19)13-9-17(2)10-16-13/h4-7,9-10H,3,8H2,1-2H3. The topological polar surface area (TPSA) is 52.0 Å². The van der Waals surface area contributed by atoms with Crippen LogP contribution in [-0.4, -0.2) is 21.1 Å². The smallest absolute Gasteiger partial charge is 0.190 e. The molecule has 2 rings (SSSR count). The van der Waals surface area contributed by atoms with Crippen molar-refractivity contribution in [3.63, 3.8) is 0 Å². The monoisotopic (exact) mass is 256 g/mol. The first-order chi connectivity index (χ1) is 9.10. The van der Waals surface area contributed by atoms with E-state index >= 15 is 0 Å². The van der Waals surface area contributed by atoms with Crippen molar-refractivity contribution in [3.05, 3.63) is 53.6 Å². The van der Waals surface area contributed by atoms with Crippen LogP contribution in [0.3, 0.4) is 0 Å². The number of carbonyl (C=O) groups is 2. The van der Waals surface area contributed by atoms with E-state index in [4.69, 9.17) is 0 Å². The lowest BCUT2D eigenvalue weighted by Gasteiger charge is -2.01. The lowest BCUT2D eigenvalue weighted by Crippen LogP contribution is -2.09. The van der Waals surface area contributed by atoms with Crippen LogP contribution in [0.4, 0.5) is 0 Å². The van der Waals surface area contributed by atoms with Crippen molar-refractivity contribution in [1.82, 2.24) is 9.55 Å². The lowest BCUT2D eigenvalue weighted by atomic mass is 10.0. The van der Waals surface area contributed by atoms with Gasteiger partial charge >= 0.3 is 0 Å². The Morgan fingerprint density at radius 3 is 2.37 bits per heavy atom. The quantitative estimate of drug-likeness (QED) is 0.610. The Labute approximate surface area is 112 Å². The van der Waals surface area contributed by atoms with Crippen LogP contribution >= 0.6 is 0 Å². The fraction of sp³-hybridized carbons (Fsp3) is 0.267. The van der Waals surface area contributed by atoms with Crippen LogP contribution in [-0.2, 0) is 13.5 Å². The van der Waals surface area contributed by atoms with Crippen molar-refractivity contribution in [2.24, 2.45) is 7.05 Å². The zero-order chi connectivity index (χ0) is 13.8. The zero-order valence-electron chi connectivity index (χ0n) is 11.1. The number of aromatic nitrogens is 2. The van der Waals surface area contributed by atoms with Crippen LogP contribution in [0, 0.1) is 0 Å². The molecule has 4 heteroatoms. The van der Waals surface area contributed by atoms with E-state index in [-0.39, 0.29) is 18.0 Å². The molecule has 0 saturated heterocycles. The number of nitrogens with zero attached hydrogens (tertiary/aromatic N) is 2. The molecule has 0 fully saturated rings. The Balaban J connectivity index is 2.06. The van der Waals surface area contributed by atoms with Gasteiger partial charge in [0.1, 0.15) is 5.69 Å². The van der Waals surface area contributed by atoms with E-state index in [0.717, 1.165) is 6.42 Å². The van der Waals surface area contributed by atoms with Gasteiger partial charge in [0, 0.05) is 18.8 Å². The third-order valence-corrected chi connectivity index (χ3v) is 3.00. The van der Waals surface area contributed by atoms with Crippen LogP contribution in [0.25, 0.3) is 0 Å². The van der Waals surface area contributed by atoms with Crippen LogP contribution in [0.15, 0.2) is 36.8 Å². The van der Waals surface area contributed by atoms with Crippen molar-refractivity contribution in [2.45, 2.75) is 19.8 Å². The number of hydrogen-bond donors (Lipinski definition) is 0. The van der Waals surface area contributed by atoms with Gasteiger partial charge in [0.05, 0.1) is 12.7 Å². The number of aryl methyl sites for hydroxylation is 2. The third-order valence-electron chi connectivity index (χ3n) is 3.00. The average molecular weight is 256 g/mol. The number of carbonyl (C=O) groups excluding carboxylic acids is 2. The highest BCUT2D eigenvalue weighted by molar-refractivity contribution is 6.12. The number of ketones is 2. The number of hydrogen-bond acceptors (Lipinski definition) is 3. The first kappa shape index (κ1) is 13.2. The number of imidazole rings is 1. The Morgan fingerprint density at radius 2 is 1.84 bits per heavy atom. The molecule has 0 aliphatic rings. The van der Waals surface area contributed by atoms with E-state index in [2.05, 4.69) is 11.9 Å². The van der Waals surface area contributed by atoms with E-state index in [9.17, 15) is 9.59 Å². The van der Waals surface area contributed by atoms with Gasteiger partial charge in [0.25, 0.3) is 0 Å². The van der Waals surface area contributed by atoms with Crippen molar-refractivity contribution < 1.29 is 9.59 Å². The van der Waals surface area contributed by atoms with Gasteiger partial charge in [-0.05, 0) is 12.0 Å². The SMILES string of the molecule is CCc1ccc(C(=O)CC(=O)c2cn(C)cn2)cc1. The predicted octanol–water partition coefficient (Wildman–Crippen LogP) is 2.44. The van der Waals surface area contributed by atoms with Crippen LogP contribution < -0.4 is 0 Å². The fourth-order valence-corrected chi connectivity index (χ4v) is 1.82. The van der Waals surface area contributed by atoms with Crippen LogP contribution in [0.2, 0.25) is 0 Å². The third kappa shape index (κ3) is 3.16. The second-order valence-electron chi connectivity index (χ2n) is 4.50. The zero-order valence-corrected chi connectivity index (χ0v) is 11.1. The molecule has 0 amide bonds. The normalized spacial score (nSPS) is 10.4. The number of Topliss-reactive ketones (excluding diaryl/α,β-unsaturated/α-hetero) is 2. The molecule has 0 aliphatic heterocycles. The van der Waals surface area contributed by atoms with Gasteiger partial charge in [-0.1, -0.05) is 31.2 Å². The minimum atomic E-state index is -0.245. The first-order valence-electron chi connectivity index (χ1n) is 6.23. The van der Waals surface area contributed by atoms with Crippen molar-refractivity contribution in [3.8, 4) is 0 Å². The van der Waals surface area contributed by atoms with Gasteiger partial charge < -0.3 is 4.57 Å². The van der Waals surface area contributed by atoms with Gasteiger partial charge in [0.15, 0.2) is 11.6 Å². The van der Waals surface area contributed by atoms with E-state index in [1.54, 1.807) is 36.3 Å². The largest absolute Gasteiger partial charge is 0.340 e. The van der Waals surface area contributed by atoms with Crippen molar-refractivity contribution >= 4 is 11.6 Å². The Kier molecular flexibility index (Phi) is 3.90. The molecule has 0 aliphatic carbocycles. The Bertz CT molecular complexity index is 597. The minimum Gasteiger partial charge on any atom is -0.340 e. The molecular formula is C15H16N2O2. The highest BCUT2D eigenvalue weighted by Crippen LogP contribution is 2.10. The van der Waals surface area contributed by atoms with Crippen LogP contribution in [0.1, 0.15) is 39.8 Å². The molecule has 0 bridgehead atoms. The second kappa shape index (κ2) is 5.61. The molecule has 1 heterocycles. The van der Waals surface area contributed by atoms with E-state index in [0.29, 0.717) is 11.3 Å². The molecule has 0 unspecified atom stereocenters. The summed E-state index contributed by atoms with van der Waals surface area (Å²) in [4.78, 5) is 27.8. The summed E-state index contributed by atoms with van der Waals surface area (Å²) >= 11 is 0. The Hall–Kier alpha value is -2.23. The summed E-state index contributed by atoms with van der Waals surface area (Å²) in [5, 5.41) is 0. The maximum Gasteiger partial charge on any atom is 0.190 e. The van der Waals surface area contributed by atoms with Crippen molar-refractivity contribution in [2.75, 3.05) is 0 Å². The first-order valence-corrected chi connectivity index (χ1v) is 6.23. The van der Waals surface area contributed by atoms with Gasteiger partial charge in [0.2, 0.25) is 0 Å². The molecule has 0 atom stereocenters. The highest BCUT2D eigenvalue weighted by Gasteiger charge is 2.15. The van der Waals surface area contributed by atoms with E-state index in [1.165, 1.54) is 5.56 Å². The number of rotatable bonds is 5. The summed E-state index contributed by atoms with van der Waals surface area (Å²) < 4.78 is 1.69. The summed E-state index contributed by atoms with van der Waals surface area (Å²) in [6.45, 7) is 2.06. The molecular weight excluding hydrogens is 240 g/mol. The van der Waals surface area contributed by atoms with E-state index < -0.39 is 0 Å². The van der Waals surface area contributed by atoms with Gasteiger partial charge in [-0.2, -0.15) is 0 Å². The minimum absolute atomic E-state index is 0.136. The highest BCUT2D eigenvalue weighted by atomic mass is 16.1. The Morgan fingerprint density at radius 1 is 1.16 bits per heavy atom. The molecule has 0 radical (unpaired) electrons. The average Bonchev–Trinajstić information content (AvgIpc) is 2.85. The summed E-state index contributed by atoms with van der Waals surface area (Å²) in [7, 11) is 1.79. The van der Waals surface area contributed by atoms with Gasteiger partial charge in [-0.25, -0.2) is 4.98 Å². The van der Waals surface area contributed by atoms with Gasteiger partial charge in [-0.3, -0.25) is 9.59 Å². The molecule has 1 aromatic carbocycles. The predicted molar refractivity (Wildman–Crippen MR) is 72.3 cm³/mol. The maximum absolute atomic E-state index is 12.0. The number of benzene rings is 1. The summed E-state index contributed by atoms with van der Waals surface area (Å²) in [6, 6.07) is 7.37. The fourth-order valence-electron chi connectivity index (χ4n) is 1.82. The molecule has 4 nitrogen and oxygen atoms in total. The summed E-state index contributed by atoms with van der Waals surface area (Å²) in [6.07, 6.45) is 3.97. The molecule has 0 N–H and O–H groups in total. The van der Waals surface area contributed by atoms with Gasteiger partial charge in [-0.15, -0.1) is 0 Å². The molecule has 0 spiro atoms. The second-order valence-corrected chi connectivity index (χ2v) is 4.50. The van der Waals surface area contributed by atoms with Crippen molar-refractivity contribution in [1.29, 1.82) is 0 Å². The molecule has 0 saturated carbocycles. The van der Waals surface area contributed by atoms with E-state index in [1.807, 2.05) is 12.1 Å². The molecule has 2 aromatic rings. The van der Waals surface area contributed by atoms with Crippen LogP contribution in [0.5, 0.6) is 0 Å². The molecule has 98 valence electrons. The maximum atomic E-state index is 12.0. The summed E-state index contributed by atoms with van der Waals surface area (Å²) in [5.74, 6) is -0.413.